The molecule has 0 saturated heterocycles. The summed E-state index contributed by atoms with van der Waals surface area (Å²) in [6, 6.07) is 5.90. The number of aromatic nitrogens is 3. The molecule has 0 unspecified atom stereocenters. The van der Waals surface area contributed by atoms with Crippen molar-refractivity contribution in [2.75, 3.05) is 6.61 Å². The first-order chi connectivity index (χ1) is 8.24. The maximum Gasteiger partial charge on any atom is 0.159 e. The van der Waals surface area contributed by atoms with E-state index in [0.29, 0.717) is 16.7 Å². The van der Waals surface area contributed by atoms with E-state index in [1.54, 1.807) is 6.92 Å². The third kappa shape index (κ3) is 1.85. The largest absolute Gasteiger partial charge is 0.493 e. The van der Waals surface area contributed by atoms with E-state index in [9.17, 15) is 0 Å². The third-order valence-electron chi connectivity index (χ3n) is 2.71. The normalized spacial score (nSPS) is 13.3. The standard InChI is InChI=1S/C12H10ClN3O/c1-7-14-12(13)11(16-15-7)9-2-3-10-8(6-9)4-5-17-10/h2-3,6H,4-5H2,1H3. The Bertz CT molecular complexity index is 586. The van der Waals surface area contributed by atoms with Crippen molar-refractivity contribution >= 4 is 11.6 Å². The summed E-state index contributed by atoms with van der Waals surface area (Å²) in [4.78, 5) is 4.10. The highest BCUT2D eigenvalue weighted by Gasteiger charge is 2.15. The molecule has 0 aliphatic carbocycles. The Morgan fingerprint density at radius 3 is 3.00 bits per heavy atom. The van der Waals surface area contributed by atoms with Gasteiger partial charge in [-0.25, -0.2) is 4.98 Å². The fourth-order valence-electron chi connectivity index (χ4n) is 1.89. The van der Waals surface area contributed by atoms with Crippen LogP contribution in [0.1, 0.15) is 11.4 Å². The van der Waals surface area contributed by atoms with Crippen LogP contribution in [-0.2, 0) is 6.42 Å². The molecule has 0 atom stereocenters. The van der Waals surface area contributed by atoms with Crippen LogP contribution in [-0.4, -0.2) is 21.8 Å². The van der Waals surface area contributed by atoms with Gasteiger partial charge < -0.3 is 4.74 Å². The molecule has 17 heavy (non-hydrogen) atoms. The van der Waals surface area contributed by atoms with Crippen molar-refractivity contribution in [2.24, 2.45) is 0 Å². The average Bonchev–Trinajstić information content (AvgIpc) is 2.75. The molecule has 0 radical (unpaired) electrons. The van der Waals surface area contributed by atoms with Gasteiger partial charge in [0.1, 0.15) is 17.3 Å². The average molecular weight is 248 g/mol. The molecule has 1 aliphatic rings. The maximum absolute atomic E-state index is 6.07. The van der Waals surface area contributed by atoms with Crippen molar-refractivity contribution < 1.29 is 4.74 Å². The lowest BCUT2D eigenvalue weighted by molar-refractivity contribution is 0.357. The van der Waals surface area contributed by atoms with E-state index in [2.05, 4.69) is 15.2 Å². The van der Waals surface area contributed by atoms with Crippen LogP contribution in [0.3, 0.4) is 0 Å². The third-order valence-corrected chi connectivity index (χ3v) is 2.98. The molecule has 5 heteroatoms. The van der Waals surface area contributed by atoms with Gasteiger partial charge in [0.2, 0.25) is 0 Å². The quantitative estimate of drug-likeness (QED) is 0.777. The molecule has 2 aromatic rings. The van der Waals surface area contributed by atoms with Gasteiger partial charge in [-0.2, -0.15) is 0 Å². The zero-order valence-corrected chi connectivity index (χ0v) is 10.0. The van der Waals surface area contributed by atoms with Crippen molar-refractivity contribution in [3.63, 3.8) is 0 Å². The zero-order valence-electron chi connectivity index (χ0n) is 9.27. The van der Waals surface area contributed by atoms with Crippen LogP contribution in [0.5, 0.6) is 5.75 Å². The first-order valence-corrected chi connectivity index (χ1v) is 5.75. The predicted molar refractivity (Wildman–Crippen MR) is 64.2 cm³/mol. The summed E-state index contributed by atoms with van der Waals surface area (Å²) in [6.07, 6.45) is 0.924. The van der Waals surface area contributed by atoms with Crippen LogP contribution < -0.4 is 4.74 Å². The molecule has 0 N–H and O–H groups in total. The maximum atomic E-state index is 6.07. The second kappa shape index (κ2) is 3.96. The zero-order chi connectivity index (χ0) is 11.8. The van der Waals surface area contributed by atoms with E-state index in [4.69, 9.17) is 16.3 Å². The number of aryl methyl sites for hydroxylation is 1. The van der Waals surface area contributed by atoms with Gasteiger partial charge in [0.05, 0.1) is 6.61 Å². The van der Waals surface area contributed by atoms with Crippen molar-refractivity contribution in [3.05, 3.63) is 34.7 Å². The van der Waals surface area contributed by atoms with Gasteiger partial charge in [0.25, 0.3) is 0 Å². The van der Waals surface area contributed by atoms with E-state index in [1.807, 2.05) is 18.2 Å². The van der Waals surface area contributed by atoms with Gasteiger partial charge in [-0.05, 0) is 30.7 Å². The molecule has 0 spiro atoms. The Hall–Kier alpha value is -1.68. The molecule has 3 rings (SSSR count). The Morgan fingerprint density at radius 1 is 1.29 bits per heavy atom. The van der Waals surface area contributed by atoms with E-state index in [-0.39, 0.29) is 0 Å². The SMILES string of the molecule is Cc1nnc(-c2ccc3c(c2)CCO3)c(Cl)n1. The van der Waals surface area contributed by atoms with Crippen LogP contribution in [0.4, 0.5) is 0 Å². The summed E-state index contributed by atoms with van der Waals surface area (Å²) in [5.74, 6) is 1.51. The number of nitrogens with zero attached hydrogens (tertiary/aromatic N) is 3. The molecular weight excluding hydrogens is 238 g/mol. The Kier molecular flexibility index (Phi) is 2.44. The first-order valence-electron chi connectivity index (χ1n) is 5.37. The molecule has 1 aliphatic heterocycles. The summed E-state index contributed by atoms with van der Waals surface area (Å²) >= 11 is 6.07. The van der Waals surface area contributed by atoms with E-state index < -0.39 is 0 Å². The topological polar surface area (TPSA) is 47.9 Å². The molecule has 4 nitrogen and oxygen atoms in total. The lowest BCUT2D eigenvalue weighted by atomic mass is 10.1. The molecule has 0 fully saturated rings. The van der Waals surface area contributed by atoms with E-state index >= 15 is 0 Å². The Morgan fingerprint density at radius 2 is 2.18 bits per heavy atom. The van der Waals surface area contributed by atoms with Crippen molar-refractivity contribution in [3.8, 4) is 17.0 Å². The van der Waals surface area contributed by atoms with Gasteiger partial charge >= 0.3 is 0 Å². The number of ether oxygens (including phenoxy) is 1. The van der Waals surface area contributed by atoms with E-state index in [0.717, 1.165) is 24.3 Å². The predicted octanol–water partition coefficient (Wildman–Crippen LogP) is 2.44. The molecule has 0 saturated carbocycles. The van der Waals surface area contributed by atoms with Crippen molar-refractivity contribution in [2.45, 2.75) is 13.3 Å². The second-order valence-electron chi connectivity index (χ2n) is 3.92. The Labute approximate surface area is 104 Å². The van der Waals surface area contributed by atoms with Crippen LogP contribution >= 0.6 is 11.6 Å². The summed E-state index contributed by atoms with van der Waals surface area (Å²) in [5.41, 5.74) is 2.73. The fraction of sp³-hybridized carbons (Fsp3) is 0.250. The smallest absolute Gasteiger partial charge is 0.159 e. The Balaban J connectivity index is 2.09. The molecule has 0 bridgehead atoms. The van der Waals surface area contributed by atoms with Crippen LogP contribution in [0, 0.1) is 6.92 Å². The van der Waals surface area contributed by atoms with Crippen LogP contribution in [0.2, 0.25) is 5.15 Å². The second-order valence-corrected chi connectivity index (χ2v) is 4.28. The van der Waals surface area contributed by atoms with Gasteiger partial charge in [-0.15, -0.1) is 10.2 Å². The summed E-state index contributed by atoms with van der Waals surface area (Å²) in [6.45, 7) is 2.50. The highest BCUT2D eigenvalue weighted by Crippen LogP contribution is 2.31. The van der Waals surface area contributed by atoms with Gasteiger partial charge in [-0.1, -0.05) is 11.6 Å². The molecule has 86 valence electrons. The first kappa shape index (κ1) is 10.5. The molecule has 1 aromatic carbocycles. The summed E-state index contributed by atoms with van der Waals surface area (Å²) < 4.78 is 5.45. The lowest BCUT2D eigenvalue weighted by Crippen LogP contribution is -1.96. The van der Waals surface area contributed by atoms with Crippen molar-refractivity contribution in [1.29, 1.82) is 0 Å². The minimum absolute atomic E-state index is 0.386. The molecule has 1 aromatic heterocycles. The number of hydrogen-bond donors (Lipinski definition) is 0. The number of halogens is 1. The molecular formula is C12H10ClN3O. The number of benzene rings is 1. The van der Waals surface area contributed by atoms with Crippen LogP contribution in [0.15, 0.2) is 18.2 Å². The van der Waals surface area contributed by atoms with Gasteiger partial charge in [-0.3, -0.25) is 0 Å². The highest BCUT2D eigenvalue weighted by atomic mass is 35.5. The van der Waals surface area contributed by atoms with Gasteiger partial charge in [0.15, 0.2) is 5.15 Å². The highest BCUT2D eigenvalue weighted by molar-refractivity contribution is 6.31. The summed E-state index contributed by atoms with van der Waals surface area (Å²) in [5, 5.41) is 8.41. The van der Waals surface area contributed by atoms with Crippen LogP contribution in [0.25, 0.3) is 11.3 Å². The monoisotopic (exact) mass is 247 g/mol. The van der Waals surface area contributed by atoms with Gasteiger partial charge in [0, 0.05) is 12.0 Å². The fourth-order valence-corrected chi connectivity index (χ4v) is 2.16. The molecule has 0 amide bonds. The number of hydrogen-bond acceptors (Lipinski definition) is 4. The lowest BCUT2D eigenvalue weighted by Gasteiger charge is -2.04. The number of rotatable bonds is 1. The number of fused-ring (bicyclic) bond motifs is 1. The van der Waals surface area contributed by atoms with E-state index in [1.165, 1.54) is 5.56 Å². The summed E-state index contributed by atoms with van der Waals surface area (Å²) in [7, 11) is 0. The molecule has 2 heterocycles. The minimum Gasteiger partial charge on any atom is -0.493 e. The minimum atomic E-state index is 0.386. The van der Waals surface area contributed by atoms with Crippen molar-refractivity contribution in [1.82, 2.24) is 15.2 Å².